The van der Waals surface area contributed by atoms with Gasteiger partial charge in [0.1, 0.15) is 0 Å². The minimum absolute atomic E-state index is 0. The van der Waals surface area contributed by atoms with Gasteiger partial charge >= 0.3 is 0 Å². The van der Waals surface area contributed by atoms with Crippen molar-refractivity contribution in [1.29, 1.82) is 0 Å². The highest BCUT2D eigenvalue weighted by Gasteiger charge is 2.21. The van der Waals surface area contributed by atoms with Crippen LogP contribution in [0, 0.1) is 13.8 Å². The average Bonchev–Trinajstić information content (AvgIpc) is 3.16. The number of aromatic nitrogens is 1. The van der Waals surface area contributed by atoms with E-state index in [0.717, 1.165) is 38.2 Å². The Bertz CT molecular complexity index is 1210. The second-order valence-corrected chi connectivity index (χ2v) is 9.02. The van der Waals surface area contributed by atoms with Crippen molar-refractivity contribution in [2.24, 2.45) is 0 Å². The number of nitrogens with zero attached hydrogens (tertiary/aromatic N) is 3. The lowest BCUT2D eigenvalue weighted by molar-refractivity contribution is -0.118. The van der Waals surface area contributed by atoms with Gasteiger partial charge in [0.15, 0.2) is 5.13 Å². The third-order valence-electron chi connectivity index (χ3n) is 5.60. The molecule has 3 aromatic carbocycles. The van der Waals surface area contributed by atoms with E-state index in [0.29, 0.717) is 13.0 Å². The number of halogens is 1. The first kappa shape index (κ1) is 23.2. The molecule has 0 spiro atoms. The van der Waals surface area contributed by atoms with E-state index in [1.54, 1.807) is 11.3 Å². The van der Waals surface area contributed by atoms with Gasteiger partial charge in [-0.1, -0.05) is 59.9 Å². The van der Waals surface area contributed by atoms with Gasteiger partial charge in [-0.15, -0.1) is 12.4 Å². The number of hydrogen-bond donors (Lipinski definition) is 0. The third-order valence-corrected chi connectivity index (χ3v) is 6.64. The van der Waals surface area contributed by atoms with Gasteiger partial charge in [-0.3, -0.25) is 9.69 Å². The van der Waals surface area contributed by atoms with Gasteiger partial charge in [-0.05, 0) is 61.5 Å². The molecular formula is C25H28ClN3OS. The highest BCUT2D eigenvalue weighted by molar-refractivity contribution is 7.22. The Morgan fingerprint density at radius 2 is 1.71 bits per heavy atom. The number of likely N-dealkylation sites (N-methyl/N-ethyl adjacent to an activating group) is 1. The molecule has 162 valence electrons. The van der Waals surface area contributed by atoms with Crippen LogP contribution in [0.4, 0.5) is 5.13 Å². The summed E-state index contributed by atoms with van der Waals surface area (Å²) in [7, 11) is 4.05. The fourth-order valence-electron chi connectivity index (χ4n) is 3.66. The first-order chi connectivity index (χ1) is 14.4. The van der Waals surface area contributed by atoms with Crippen LogP contribution in [-0.4, -0.2) is 43.0 Å². The van der Waals surface area contributed by atoms with Crippen LogP contribution in [0.2, 0.25) is 0 Å². The van der Waals surface area contributed by atoms with E-state index < -0.39 is 0 Å². The minimum Gasteiger partial charge on any atom is -0.308 e. The SMILES string of the molecule is Cc1ccc2sc(N(CCN(C)C)C(=O)Cc3cccc4ccccc34)nc2c1C.Cl. The lowest BCUT2D eigenvalue weighted by Gasteiger charge is -2.22. The van der Waals surface area contributed by atoms with Crippen molar-refractivity contribution in [3.8, 4) is 0 Å². The number of rotatable bonds is 6. The molecule has 0 N–H and O–H groups in total. The van der Waals surface area contributed by atoms with Gasteiger partial charge in [-0.25, -0.2) is 4.98 Å². The van der Waals surface area contributed by atoms with E-state index in [9.17, 15) is 4.79 Å². The predicted octanol–water partition coefficient (Wildman–Crippen LogP) is 5.63. The summed E-state index contributed by atoms with van der Waals surface area (Å²) < 4.78 is 1.13. The number of aryl methyl sites for hydroxylation is 2. The van der Waals surface area contributed by atoms with Crippen molar-refractivity contribution in [3.63, 3.8) is 0 Å². The van der Waals surface area contributed by atoms with Crippen molar-refractivity contribution >= 4 is 55.8 Å². The van der Waals surface area contributed by atoms with Crippen LogP contribution < -0.4 is 4.90 Å². The number of hydrogen-bond acceptors (Lipinski definition) is 4. The number of benzene rings is 3. The number of fused-ring (bicyclic) bond motifs is 2. The van der Waals surface area contributed by atoms with Gasteiger partial charge in [0.2, 0.25) is 5.91 Å². The molecule has 1 amide bonds. The average molecular weight is 454 g/mol. The molecule has 0 bridgehead atoms. The first-order valence-corrected chi connectivity index (χ1v) is 11.0. The Balaban J connectivity index is 0.00000272. The fraction of sp³-hybridized carbons (Fsp3) is 0.280. The van der Waals surface area contributed by atoms with Crippen LogP contribution in [0.5, 0.6) is 0 Å². The first-order valence-electron chi connectivity index (χ1n) is 10.2. The van der Waals surface area contributed by atoms with E-state index in [4.69, 9.17) is 4.98 Å². The summed E-state index contributed by atoms with van der Waals surface area (Å²) in [6.07, 6.45) is 0.364. The summed E-state index contributed by atoms with van der Waals surface area (Å²) in [6.45, 7) is 5.61. The van der Waals surface area contributed by atoms with Gasteiger partial charge in [0.05, 0.1) is 16.6 Å². The second kappa shape index (κ2) is 9.77. The maximum absolute atomic E-state index is 13.5. The van der Waals surface area contributed by atoms with Crippen LogP contribution in [0.15, 0.2) is 54.6 Å². The van der Waals surface area contributed by atoms with E-state index >= 15 is 0 Å². The van der Waals surface area contributed by atoms with Gasteiger partial charge in [-0.2, -0.15) is 0 Å². The fourth-order valence-corrected chi connectivity index (χ4v) is 4.73. The highest BCUT2D eigenvalue weighted by Crippen LogP contribution is 2.32. The van der Waals surface area contributed by atoms with E-state index in [1.807, 2.05) is 37.2 Å². The van der Waals surface area contributed by atoms with E-state index in [1.165, 1.54) is 11.1 Å². The van der Waals surface area contributed by atoms with E-state index in [2.05, 4.69) is 55.1 Å². The van der Waals surface area contributed by atoms with Crippen molar-refractivity contribution in [1.82, 2.24) is 9.88 Å². The zero-order valence-corrected chi connectivity index (χ0v) is 20.0. The molecule has 0 aliphatic heterocycles. The molecule has 4 rings (SSSR count). The molecule has 4 nitrogen and oxygen atoms in total. The van der Waals surface area contributed by atoms with Crippen molar-refractivity contribution < 1.29 is 4.79 Å². The molecule has 6 heteroatoms. The molecule has 0 saturated heterocycles. The lowest BCUT2D eigenvalue weighted by Crippen LogP contribution is -2.37. The molecule has 0 saturated carbocycles. The number of carbonyl (C=O) groups is 1. The third kappa shape index (κ3) is 4.90. The Morgan fingerprint density at radius 3 is 2.48 bits per heavy atom. The van der Waals surface area contributed by atoms with Gasteiger partial charge in [0, 0.05) is 13.1 Å². The van der Waals surface area contributed by atoms with E-state index in [-0.39, 0.29) is 18.3 Å². The number of thiazole rings is 1. The normalized spacial score (nSPS) is 11.1. The molecular weight excluding hydrogens is 426 g/mol. The summed E-state index contributed by atoms with van der Waals surface area (Å²) >= 11 is 1.60. The predicted molar refractivity (Wildman–Crippen MR) is 135 cm³/mol. The van der Waals surface area contributed by atoms with Crippen LogP contribution in [0.1, 0.15) is 16.7 Å². The summed E-state index contributed by atoms with van der Waals surface area (Å²) in [5.74, 6) is 0.0848. The van der Waals surface area contributed by atoms with Crippen molar-refractivity contribution in [2.75, 3.05) is 32.1 Å². The molecule has 31 heavy (non-hydrogen) atoms. The molecule has 0 atom stereocenters. The van der Waals surface area contributed by atoms with Crippen LogP contribution in [0.25, 0.3) is 21.0 Å². The zero-order chi connectivity index (χ0) is 21.3. The Hall–Kier alpha value is -2.47. The molecule has 0 aliphatic carbocycles. The topological polar surface area (TPSA) is 36.4 Å². The van der Waals surface area contributed by atoms with Crippen molar-refractivity contribution in [2.45, 2.75) is 20.3 Å². The lowest BCUT2D eigenvalue weighted by atomic mass is 10.0. The van der Waals surface area contributed by atoms with Gasteiger partial charge in [0.25, 0.3) is 0 Å². The standard InChI is InChI=1S/C25H27N3OS.ClH/c1-17-12-13-22-24(18(17)2)26-25(30-22)28(15-14-27(3)4)23(29)16-20-10-7-9-19-8-5-6-11-21(19)20;/h5-13H,14-16H2,1-4H3;1H. The Labute approximate surface area is 193 Å². The molecule has 4 aromatic rings. The summed E-state index contributed by atoms with van der Waals surface area (Å²) in [5.41, 5.74) is 4.47. The molecule has 1 heterocycles. The molecule has 1 aromatic heterocycles. The summed E-state index contributed by atoms with van der Waals surface area (Å²) in [6, 6.07) is 18.6. The summed E-state index contributed by atoms with van der Waals surface area (Å²) in [4.78, 5) is 22.3. The largest absolute Gasteiger partial charge is 0.308 e. The molecule has 0 aliphatic rings. The highest BCUT2D eigenvalue weighted by atomic mass is 35.5. The van der Waals surface area contributed by atoms with Crippen LogP contribution in [-0.2, 0) is 11.2 Å². The maximum atomic E-state index is 13.5. The van der Waals surface area contributed by atoms with Crippen molar-refractivity contribution in [3.05, 3.63) is 71.3 Å². The van der Waals surface area contributed by atoms with Gasteiger partial charge < -0.3 is 4.90 Å². The molecule has 0 fully saturated rings. The van der Waals surface area contributed by atoms with Crippen LogP contribution >= 0.6 is 23.7 Å². The number of carbonyl (C=O) groups excluding carboxylic acids is 1. The quantitative estimate of drug-likeness (QED) is 0.380. The Kier molecular flexibility index (Phi) is 7.31. The van der Waals surface area contributed by atoms with Crippen LogP contribution in [0.3, 0.4) is 0 Å². The number of anilines is 1. The summed E-state index contributed by atoms with van der Waals surface area (Å²) in [5, 5.41) is 3.08. The minimum atomic E-state index is 0. The Morgan fingerprint density at radius 1 is 0.968 bits per heavy atom. The smallest absolute Gasteiger partial charge is 0.233 e. The maximum Gasteiger partial charge on any atom is 0.233 e. The zero-order valence-electron chi connectivity index (χ0n) is 18.4. The number of amides is 1. The molecule has 0 unspecified atom stereocenters. The monoisotopic (exact) mass is 453 g/mol. The molecule has 0 radical (unpaired) electrons. The second-order valence-electron chi connectivity index (χ2n) is 8.01.